The number of fused-ring (bicyclic) bond motifs is 1. The van der Waals surface area contributed by atoms with Crippen LogP contribution < -0.4 is 15.5 Å². The number of guanidine groups is 1. The fraction of sp³-hybridized carbons (Fsp3) is 0.543. The Hall–Kier alpha value is -3.60. The molecular weight excluding hydrogens is 570 g/mol. The number of benzene rings is 1. The monoisotopic (exact) mass is 617 g/mol. The first-order chi connectivity index (χ1) is 21.4. The lowest BCUT2D eigenvalue weighted by molar-refractivity contribution is -0.153. The van der Waals surface area contributed by atoms with Crippen LogP contribution in [0.25, 0.3) is 6.08 Å². The van der Waals surface area contributed by atoms with Crippen molar-refractivity contribution < 1.29 is 24.5 Å². The molecule has 0 bridgehead atoms. The van der Waals surface area contributed by atoms with E-state index in [4.69, 9.17) is 4.74 Å². The van der Waals surface area contributed by atoms with E-state index in [1.807, 2.05) is 56.3 Å². The number of rotatable bonds is 9. The summed E-state index contributed by atoms with van der Waals surface area (Å²) in [5, 5.41) is 27.6. The normalized spacial score (nSPS) is 31.6. The highest BCUT2D eigenvalue weighted by atomic mass is 16.5. The molecule has 242 valence electrons. The van der Waals surface area contributed by atoms with Crippen molar-refractivity contribution in [2.75, 3.05) is 32.1 Å². The van der Waals surface area contributed by atoms with Gasteiger partial charge in [0.1, 0.15) is 5.76 Å². The van der Waals surface area contributed by atoms with Crippen LogP contribution in [0.2, 0.25) is 0 Å². The third-order valence-electron chi connectivity index (χ3n) is 10.6. The Morgan fingerprint density at radius 2 is 1.98 bits per heavy atom. The number of allylic oxidation sites excluding steroid dienone is 2. The van der Waals surface area contributed by atoms with Gasteiger partial charge in [0, 0.05) is 37.5 Å². The highest BCUT2D eigenvalue weighted by Gasteiger charge is 2.58. The predicted molar refractivity (Wildman–Crippen MR) is 177 cm³/mol. The van der Waals surface area contributed by atoms with Gasteiger partial charge in [0.15, 0.2) is 0 Å². The van der Waals surface area contributed by atoms with Gasteiger partial charge in [0.05, 0.1) is 30.9 Å². The first kappa shape index (κ1) is 32.8. The summed E-state index contributed by atoms with van der Waals surface area (Å²) in [4.78, 5) is 36.9. The minimum absolute atomic E-state index is 0.0218. The third-order valence-corrected chi connectivity index (χ3v) is 10.6. The van der Waals surface area contributed by atoms with Gasteiger partial charge in [-0.3, -0.25) is 15.4 Å². The average molecular weight is 618 g/mol. The highest BCUT2D eigenvalue weighted by molar-refractivity contribution is 6.04. The Kier molecular flexibility index (Phi) is 9.49. The maximum Gasteiger partial charge on any atom is 0.341 e. The van der Waals surface area contributed by atoms with Crippen molar-refractivity contribution >= 4 is 35.8 Å². The predicted octanol–water partition coefficient (Wildman–Crippen LogP) is 3.61. The van der Waals surface area contributed by atoms with Crippen molar-refractivity contribution in [2.45, 2.75) is 71.1 Å². The molecule has 0 saturated heterocycles. The Bertz CT molecular complexity index is 1450. The van der Waals surface area contributed by atoms with E-state index in [1.54, 1.807) is 19.2 Å². The van der Waals surface area contributed by atoms with Gasteiger partial charge in [-0.15, -0.1) is 0 Å². The largest absolute Gasteiger partial charge is 0.423 e. The number of nitrogens with zero attached hydrogens (tertiary/aromatic N) is 3. The number of anilines is 1. The van der Waals surface area contributed by atoms with Crippen molar-refractivity contribution in [3.63, 3.8) is 0 Å². The lowest BCUT2D eigenvalue weighted by Gasteiger charge is -2.60. The number of aliphatic imine (C=N–C) groups is 2. The Morgan fingerprint density at radius 3 is 2.62 bits per heavy atom. The quantitative estimate of drug-likeness (QED) is 0.246. The SMILES string of the molecule is C=C1CCC2[C@](C)(CC[C@H](O)[C@@]2(C)CO)C1CC(NC(C)C(=O)NC1=NCC=N1)C1=C/C(=C\c2ccc(N(C)C)cc2)OC1=O. The van der Waals surface area contributed by atoms with Gasteiger partial charge in [-0.05, 0) is 86.1 Å². The van der Waals surface area contributed by atoms with Gasteiger partial charge in [-0.1, -0.05) is 38.1 Å². The fourth-order valence-corrected chi connectivity index (χ4v) is 7.87. The molecule has 45 heavy (non-hydrogen) atoms. The highest BCUT2D eigenvalue weighted by Crippen LogP contribution is 2.62. The number of carbonyl (C=O) groups excluding carboxylic acids is 2. The summed E-state index contributed by atoms with van der Waals surface area (Å²) in [6.45, 7) is 10.8. The number of ether oxygens (including phenoxy) is 1. The minimum Gasteiger partial charge on any atom is -0.423 e. The van der Waals surface area contributed by atoms with E-state index in [0.29, 0.717) is 30.7 Å². The number of aliphatic hydroxyl groups is 2. The van der Waals surface area contributed by atoms with E-state index in [1.165, 1.54) is 0 Å². The van der Waals surface area contributed by atoms with Crippen molar-refractivity contribution in [3.8, 4) is 0 Å². The van der Waals surface area contributed by atoms with Gasteiger partial charge in [0.25, 0.3) is 0 Å². The summed E-state index contributed by atoms with van der Waals surface area (Å²) in [7, 11) is 3.96. The lowest BCUT2D eigenvalue weighted by atomic mass is 9.46. The van der Waals surface area contributed by atoms with E-state index in [0.717, 1.165) is 36.1 Å². The van der Waals surface area contributed by atoms with Gasteiger partial charge < -0.3 is 19.8 Å². The van der Waals surface area contributed by atoms with Crippen LogP contribution >= 0.6 is 0 Å². The molecule has 2 heterocycles. The number of nitrogens with one attached hydrogen (secondary N) is 2. The molecule has 10 heteroatoms. The lowest BCUT2D eigenvalue weighted by Crippen LogP contribution is -2.58. The van der Waals surface area contributed by atoms with Crippen LogP contribution in [-0.2, 0) is 14.3 Å². The molecule has 7 atom stereocenters. The smallest absolute Gasteiger partial charge is 0.341 e. The van der Waals surface area contributed by atoms with Crippen LogP contribution in [0.3, 0.4) is 0 Å². The van der Waals surface area contributed by atoms with Crippen LogP contribution in [0.1, 0.15) is 58.4 Å². The van der Waals surface area contributed by atoms with E-state index in [-0.39, 0.29) is 35.7 Å². The van der Waals surface area contributed by atoms with Gasteiger partial charge in [0.2, 0.25) is 11.9 Å². The number of aliphatic hydroxyl groups excluding tert-OH is 2. The number of amides is 1. The number of hydrogen-bond donors (Lipinski definition) is 4. The first-order valence-corrected chi connectivity index (χ1v) is 15.9. The molecule has 2 aliphatic carbocycles. The third kappa shape index (κ3) is 6.55. The van der Waals surface area contributed by atoms with Gasteiger partial charge in [-0.2, -0.15) is 0 Å². The Morgan fingerprint density at radius 1 is 1.24 bits per heavy atom. The van der Waals surface area contributed by atoms with Crippen molar-refractivity contribution in [1.29, 1.82) is 0 Å². The molecule has 2 aliphatic heterocycles. The van der Waals surface area contributed by atoms with Gasteiger partial charge in [-0.25, -0.2) is 14.8 Å². The van der Waals surface area contributed by atoms with Crippen molar-refractivity contribution in [1.82, 2.24) is 10.6 Å². The second-order valence-electron chi connectivity index (χ2n) is 13.7. The van der Waals surface area contributed by atoms with Gasteiger partial charge >= 0.3 is 5.97 Å². The topological polar surface area (TPSA) is 136 Å². The Balaban J connectivity index is 1.46. The summed E-state index contributed by atoms with van der Waals surface area (Å²) in [5.74, 6) is -0.00257. The maximum atomic E-state index is 13.5. The van der Waals surface area contributed by atoms with Crippen LogP contribution in [0.5, 0.6) is 0 Å². The number of esters is 1. The molecule has 10 nitrogen and oxygen atoms in total. The molecule has 4 unspecified atom stereocenters. The molecule has 1 aromatic carbocycles. The molecule has 4 N–H and O–H groups in total. The second kappa shape index (κ2) is 13.0. The van der Waals surface area contributed by atoms with Crippen LogP contribution in [-0.4, -0.2) is 79.7 Å². The zero-order chi connectivity index (χ0) is 32.5. The minimum atomic E-state index is -0.676. The second-order valence-corrected chi connectivity index (χ2v) is 13.7. The average Bonchev–Trinajstić information content (AvgIpc) is 3.65. The van der Waals surface area contributed by atoms with E-state index < -0.39 is 29.6 Å². The summed E-state index contributed by atoms with van der Waals surface area (Å²) >= 11 is 0. The van der Waals surface area contributed by atoms with Crippen LogP contribution in [0.15, 0.2) is 63.8 Å². The van der Waals surface area contributed by atoms with Crippen LogP contribution in [0.4, 0.5) is 5.69 Å². The summed E-state index contributed by atoms with van der Waals surface area (Å²) in [6, 6.07) is 6.75. The molecular formula is C35H47N5O5. The summed E-state index contributed by atoms with van der Waals surface area (Å²) in [6.07, 6.45) is 8.11. The number of hydrogen-bond acceptors (Lipinski definition) is 9. The zero-order valence-corrected chi connectivity index (χ0v) is 27.0. The molecule has 1 amide bonds. The molecule has 5 rings (SSSR count). The summed E-state index contributed by atoms with van der Waals surface area (Å²) < 4.78 is 5.75. The standard InChI is InChI=1S/C35H47N5O5/c1-21-7-12-29-34(3,14-13-30(42)35(29,4)20-41)27(21)19-28(38-22(2)31(43)39-33-36-15-16-37-33)26-18-25(45-32(26)44)17-23-8-10-24(11-9-23)40(5)6/h8-11,15,17-18,22,27-30,38,41-42H,1,7,12-14,16,19-20H2,2-6H3,(H,37,39,43)/b25-17+/t22?,27?,28?,29?,30-,34+,35-/m0/s1. The molecule has 2 fully saturated rings. The fourth-order valence-electron chi connectivity index (χ4n) is 7.87. The van der Waals surface area contributed by atoms with Crippen molar-refractivity contribution in [2.24, 2.45) is 32.7 Å². The molecule has 4 aliphatic rings. The Labute approximate surface area is 266 Å². The zero-order valence-electron chi connectivity index (χ0n) is 27.0. The van der Waals surface area contributed by atoms with E-state index >= 15 is 0 Å². The maximum absolute atomic E-state index is 13.5. The molecule has 1 aromatic rings. The summed E-state index contributed by atoms with van der Waals surface area (Å²) in [5.41, 5.74) is 2.61. The van der Waals surface area contributed by atoms with E-state index in [2.05, 4.69) is 34.1 Å². The van der Waals surface area contributed by atoms with E-state index in [9.17, 15) is 19.8 Å². The molecule has 0 spiro atoms. The molecule has 0 radical (unpaired) electrons. The number of carbonyl (C=O) groups is 2. The molecule has 2 saturated carbocycles. The molecule has 0 aromatic heterocycles. The first-order valence-electron chi connectivity index (χ1n) is 15.9. The number of cyclic esters (lactones) is 1. The van der Waals surface area contributed by atoms with Crippen LogP contribution in [0, 0.1) is 22.7 Å². The van der Waals surface area contributed by atoms with Crippen molar-refractivity contribution in [3.05, 3.63) is 59.4 Å².